The van der Waals surface area contributed by atoms with Crippen molar-refractivity contribution in [2.45, 2.75) is 10.3 Å². The Morgan fingerprint density at radius 2 is 1.92 bits per heavy atom. The Morgan fingerprint density at radius 1 is 1.27 bits per heavy atom. The van der Waals surface area contributed by atoms with E-state index >= 15 is 0 Å². The van der Waals surface area contributed by atoms with Gasteiger partial charge in [-0.15, -0.1) is 0 Å². The van der Waals surface area contributed by atoms with Crippen molar-refractivity contribution in [3.05, 3.63) is 67.9 Å². The number of benzene rings is 2. The molecule has 2 aromatic rings. The number of halogens is 3. The Hall–Kier alpha value is -1.95. The molecule has 3 N–H and O–H groups in total. The minimum absolute atomic E-state index is 0.338. The molecule has 0 unspecified atom stereocenters. The summed E-state index contributed by atoms with van der Waals surface area (Å²) in [7, 11) is -4.53. The molecule has 7 nitrogen and oxygen atoms in total. The highest BCUT2D eigenvalue weighted by Gasteiger charge is 2.43. The van der Waals surface area contributed by atoms with Crippen molar-refractivity contribution in [1.29, 1.82) is 0 Å². The van der Waals surface area contributed by atoms with Crippen LogP contribution in [0.5, 0.6) is 0 Å². The van der Waals surface area contributed by atoms with Gasteiger partial charge in [-0.25, -0.2) is 22.3 Å². The van der Waals surface area contributed by atoms with E-state index in [1.165, 1.54) is 12.1 Å². The van der Waals surface area contributed by atoms with E-state index in [1.54, 1.807) is 0 Å². The van der Waals surface area contributed by atoms with Gasteiger partial charge in [0.15, 0.2) is 4.90 Å². The number of primary sulfonamides is 1. The van der Waals surface area contributed by atoms with Gasteiger partial charge in [-0.05, 0) is 24.3 Å². The molecule has 0 bridgehead atoms. The molecule has 0 aliphatic rings. The Balaban J connectivity index is 2.97. The number of nitro benzene ring substituents is 1. The lowest BCUT2D eigenvalue weighted by atomic mass is 9.75. The van der Waals surface area contributed by atoms with Crippen LogP contribution < -0.4 is 5.14 Å². The second-order valence-electron chi connectivity index (χ2n) is 5.45. The number of aliphatic hydroxyl groups is 1. The van der Waals surface area contributed by atoms with Gasteiger partial charge in [0.25, 0.3) is 5.69 Å². The van der Waals surface area contributed by atoms with Gasteiger partial charge in [0, 0.05) is 15.6 Å². The van der Waals surface area contributed by atoms with Crippen molar-refractivity contribution in [1.82, 2.24) is 0 Å². The van der Waals surface area contributed by atoms with Crippen molar-refractivity contribution >= 4 is 31.6 Å². The normalized spacial score (nSPS) is 14.0. The quantitative estimate of drug-likeness (QED) is 0.516. The first-order chi connectivity index (χ1) is 12.1. The van der Waals surface area contributed by atoms with Gasteiger partial charge in [-0.2, -0.15) is 0 Å². The lowest BCUT2D eigenvalue weighted by Gasteiger charge is -2.30. The summed E-state index contributed by atoms with van der Waals surface area (Å²) >= 11 is 3.09. The fourth-order valence-electron chi connectivity index (χ4n) is 2.69. The number of hydrogen-bond acceptors (Lipinski definition) is 5. The highest BCUT2D eigenvalue weighted by Crippen LogP contribution is 2.42. The zero-order chi connectivity index (χ0) is 19.7. The molecule has 140 valence electrons. The third-order valence-corrected chi connectivity index (χ3v) is 5.38. The maximum absolute atomic E-state index is 14.4. The molecule has 11 heteroatoms. The van der Waals surface area contributed by atoms with Gasteiger partial charge in [-0.1, -0.05) is 28.1 Å². The number of hydrogen-bond donors (Lipinski definition) is 2. The molecule has 0 aromatic heterocycles. The average Bonchev–Trinajstić information content (AvgIpc) is 2.58. The van der Waals surface area contributed by atoms with Gasteiger partial charge < -0.3 is 5.11 Å². The van der Waals surface area contributed by atoms with Crippen molar-refractivity contribution in [3.8, 4) is 0 Å². The van der Waals surface area contributed by atoms with E-state index in [9.17, 15) is 32.4 Å². The number of aliphatic hydroxyl groups excluding tert-OH is 1. The van der Waals surface area contributed by atoms with E-state index < -0.39 is 55.6 Å². The Bertz CT molecular complexity index is 965. The highest BCUT2D eigenvalue weighted by molar-refractivity contribution is 9.10. The van der Waals surface area contributed by atoms with Gasteiger partial charge in [0.1, 0.15) is 12.5 Å². The zero-order valence-corrected chi connectivity index (χ0v) is 15.4. The standard InChI is InChI=1S/C15H13BrF2N2O5S/c16-9-4-5-12(18)11(6-9)15(7-17,8-21)10-2-1-3-13(26(19,24)25)14(10)20(22)23/h1-6,21H,7-8H2,(H2,19,24,25)/t15-/m0/s1. The Morgan fingerprint density at radius 3 is 2.42 bits per heavy atom. The average molecular weight is 451 g/mol. The molecule has 2 aromatic carbocycles. The lowest BCUT2D eigenvalue weighted by Crippen LogP contribution is -2.37. The first kappa shape index (κ1) is 20.4. The van der Waals surface area contributed by atoms with E-state index in [4.69, 9.17) is 5.14 Å². The highest BCUT2D eigenvalue weighted by atomic mass is 79.9. The number of sulfonamides is 1. The van der Waals surface area contributed by atoms with Crippen molar-refractivity contribution in [3.63, 3.8) is 0 Å². The molecule has 0 fully saturated rings. The monoisotopic (exact) mass is 450 g/mol. The number of nitrogens with two attached hydrogens (primary N) is 1. The maximum atomic E-state index is 14.4. The van der Waals surface area contributed by atoms with Crippen molar-refractivity contribution in [2.75, 3.05) is 13.3 Å². The minimum Gasteiger partial charge on any atom is -0.395 e. The molecule has 0 heterocycles. The van der Waals surface area contributed by atoms with Crippen molar-refractivity contribution < 1.29 is 27.2 Å². The van der Waals surface area contributed by atoms with Crippen LogP contribution in [-0.4, -0.2) is 31.7 Å². The molecule has 0 saturated carbocycles. The molecule has 2 rings (SSSR count). The molecule has 1 atom stereocenters. The molecule has 26 heavy (non-hydrogen) atoms. The molecule has 0 saturated heterocycles. The topological polar surface area (TPSA) is 124 Å². The predicted octanol–water partition coefficient (Wildman–Crippen LogP) is 2.39. The van der Waals surface area contributed by atoms with Crippen LogP contribution in [0.1, 0.15) is 11.1 Å². The maximum Gasteiger partial charge on any atom is 0.293 e. The number of nitrogens with zero attached hydrogens (tertiary/aromatic N) is 1. The summed E-state index contributed by atoms with van der Waals surface area (Å²) < 4.78 is 52.3. The van der Waals surface area contributed by atoms with Gasteiger partial charge >= 0.3 is 0 Å². The summed E-state index contributed by atoms with van der Waals surface area (Å²) in [4.78, 5) is 9.62. The van der Waals surface area contributed by atoms with E-state index in [1.807, 2.05) is 0 Å². The summed E-state index contributed by atoms with van der Waals surface area (Å²) in [6, 6.07) is 6.54. The van der Waals surface area contributed by atoms with E-state index in [-0.39, 0.29) is 5.56 Å². The lowest BCUT2D eigenvalue weighted by molar-refractivity contribution is -0.389. The van der Waals surface area contributed by atoms with Gasteiger partial charge in [-0.3, -0.25) is 10.1 Å². The first-order valence-corrected chi connectivity index (χ1v) is 9.35. The predicted molar refractivity (Wildman–Crippen MR) is 92.4 cm³/mol. The summed E-state index contributed by atoms with van der Waals surface area (Å²) in [5.41, 5.74) is -4.08. The number of para-hydroxylation sites is 1. The Kier molecular flexibility index (Phi) is 5.76. The van der Waals surface area contributed by atoms with E-state index in [0.717, 1.165) is 24.3 Å². The minimum atomic E-state index is -4.53. The summed E-state index contributed by atoms with van der Waals surface area (Å²) in [6.07, 6.45) is 0. The number of alkyl halides is 1. The van der Waals surface area contributed by atoms with Crippen LogP contribution in [-0.2, 0) is 15.4 Å². The third-order valence-electron chi connectivity index (χ3n) is 3.95. The van der Waals surface area contributed by atoms with Crippen LogP contribution in [0.15, 0.2) is 45.8 Å². The van der Waals surface area contributed by atoms with Crippen LogP contribution >= 0.6 is 15.9 Å². The van der Waals surface area contributed by atoms with Crippen LogP contribution in [0.2, 0.25) is 0 Å². The smallest absolute Gasteiger partial charge is 0.293 e. The van der Waals surface area contributed by atoms with E-state index in [0.29, 0.717) is 4.47 Å². The summed E-state index contributed by atoms with van der Waals surface area (Å²) in [5, 5.41) is 26.4. The largest absolute Gasteiger partial charge is 0.395 e. The fourth-order valence-corrected chi connectivity index (χ4v) is 3.78. The van der Waals surface area contributed by atoms with Gasteiger partial charge in [0.05, 0.1) is 16.9 Å². The molecule has 0 aliphatic heterocycles. The second-order valence-corrected chi connectivity index (χ2v) is 7.90. The first-order valence-electron chi connectivity index (χ1n) is 7.01. The SMILES string of the molecule is NS(=O)(=O)c1cccc([C@@](CO)(CF)c2cc(Br)ccc2F)c1[N+](=O)[O-]. The number of nitro groups is 1. The molecule has 0 spiro atoms. The van der Waals surface area contributed by atoms with E-state index in [2.05, 4.69) is 15.9 Å². The van der Waals surface area contributed by atoms with Crippen LogP contribution in [0.4, 0.5) is 14.5 Å². The summed E-state index contributed by atoms with van der Waals surface area (Å²) in [5.74, 6) is -0.921. The second kappa shape index (κ2) is 7.35. The Labute approximate surface area is 155 Å². The van der Waals surface area contributed by atoms with Crippen LogP contribution in [0.3, 0.4) is 0 Å². The van der Waals surface area contributed by atoms with Crippen LogP contribution in [0.25, 0.3) is 0 Å². The molecular weight excluding hydrogens is 438 g/mol. The summed E-state index contributed by atoms with van der Waals surface area (Å²) in [6.45, 7) is -2.47. The molecular formula is C15H13BrF2N2O5S. The molecule has 0 radical (unpaired) electrons. The number of rotatable bonds is 6. The van der Waals surface area contributed by atoms with Crippen LogP contribution in [0, 0.1) is 15.9 Å². The zero-order valence-electron chi connectivity index (χ0n) is 13.0. The third kappa shape index (κ3) is 3.47. The van der Waals surface area contributed by atoms with Crippen molar-refractivity contribution in [2.24, 2.45) is 5.14 Å². The fraction of sp³-hybridized carbons (Fsp3) is 0.200. The molecule has 0 aliphatic carbocycles. The van der Waals surface area contributed by atoms with Gasteiger partial charge in [0.2, 0.25) is 10.0 Å². The molecule has 0 amide bonds.